The standard InChI is InChI=1S/C22H27N3O4/c1-17(12-13-18-8-4-2-5-9-18)24-20(26)16-29-21(27)14-15-23-22(28)25-19-10-6-3-7-11-19/h2-11,17H,12-16H2,1H3,(H,24,26)(H2,23,25,28)/t17-/m1/s1. The van der Waals surface area contributed by atoms with E-state index in [1.54, 1.807) is 24.3 Å². The average Bonchev–Trinajstić information content (AvgIpc) is 2.72. The van der Waals surface area contributed by atoms with E-state index in [2.05, 4.69) is 16.0 Å². The van der Waals surface area contributed by atoms with Crippen LogP contribution in [0, 0.1) is 0 Å². The second-order valence-electron chi connectivity index (χ2n) is 6.65. The van der Waals surface area contributed by atoms with Crippen LogP contribution >= 0.6 is 0 Å². The van der Waals surface area contributed by atoms with Gasteiger partial charge in [0.05, 0.1) is 6.42 Å². The van der Waals surface area contributed by atoms with Crippen molar-refractivity contribution in [2.75, 3.05) is 18.5 Å². The molecule has 0 bridgehead atoms. The summed E-state index contributed by atoms with van der Waals surface area (Å²) in [5.74, 6) is -0.884. The van der Waals surface area contributed by atoms with Crippen LogP contribution in [0.1, 0.15) is 25.3 Å². The fraction of sp³-hybridized carbons (Fsp3) is 0.318. The van der Waals surface area contributed by atoms with E-state index in [-0.39, 0.29) is 31.5 Å². The highest BCUT2D eigenvalue weighted by Gasteiger charge is 2.11. The number of nitrogens with one attached hydrogen (secondary N) is 3. The Morgan fingerprint density at radius 2 is 1.62 bits per heavy atom. The van der Waals surface area contributed by atoms with Crippen LogP contribution in [0.4, 0.5) is 10.5 Å². The SMILES string of the molecule is C[C@H](CCc1ccccc1)NC(=O)COC(=O)CCNC(=O)Nc1ccccc1. The number of ether oxygens (including phenoxy) is 1. The molecule has 3 N–H and O–H groups in total. The molecule has 29 heavy (non-hydrogen) atoms. The number of anilines is 1. The van der Waals surface area contributed by atoms with Crippen molar-refractivity contribution in [3.63, 3.8) is 0 Å². The van der Waals surface area contributed by atoms with Gasteiger partial charge in [0.2, 0.25) is 0 Å². The smallest absolute Gasteiger partial charge is 0.319 e. The van der Waals surface area contributed by atoms with Crippen LogP contribution < -0.4 is 16.0 Å². The highest BCUT2D eigenvalue weighted by atomic mass is 16.5. The number of aryl methyl sites for hydroxylation is 1. The molecule has 154 valence electrons. The van der Waals surface area contributed by atoms with E-state index >= 15 is 0 Å². The molecule has 7 heteroatoms. The molecular formula is C22H27N3O4. The van der Waals surface area contributed by atoms with Crippen molar-refractivity contribution in [3.8, 4) is 0 Å². The fourth-order valence-corrected chi connectivity index (χ4v) is 2.61. The third-order valence-corrected chi connectivity index (χ3v) is 4.13. The van der Waals surface area contributed by atoms with E-state index < -0.39 is 12.0 Å². The predicted octanol–water partition coefficient (Wildman–Crippen LogP) is 2.88. The van der Waals surface area contributed by atoms with Crippen molar-refractivity contribution in [1.29, 1.82) is 0 Å². The maximum absolute atomic E-state index is 11.9. The van der Waals surface area contributed by atoms with E-state index in [1.807, 2.05) is 43.3 Å². The summed E-state index contributed by atoms with van der Waals surface area (Å²) in [5.41, 5.74) is 1.87. The predicted molar refractivity (Wildman–Crippen MR) is 111 cm³/mol. The van der Waals surface area contributed by atoms with Gasteiger partial charge in [0, 0.05) is 18.3 Å². The van der Waals surface area contributed by atoms with Gasteiger partial charge < -0.3 is 20.7 Å². The topological polar surface area (TPSA) is 96.5 Å². The Morgan fingerprint density at radius 1 is 0.966 bits per heavy atom. The number of amides is 3. The zero-order valence-corrected chi connectivity index (χ0v) is 16.5. The number of hydrogen-bond donors (Lipinski definition) is 3. The van der Waals surface area contributed by atoms with E-state index in [0.717, 1.165) is 12.8 Å². The molecule has 7 nitrogen and oxygen atoms in total. The van der Waals surface area contributed by atoms with Gasteiger partial charge in [0.25, 0.3) is 5.91 Å². The molecule has 0 saturated heterocycles. The summed E-state index contributed by atoms with van der Waals surface area (Å²) < 4.78 is 4.94. The summed E-state index contributed by atoms with van der Waals surface area (Å²) >= 11 is 0. The normalized spacial score (nSPS) is 11.2. The quantitative estimate of drug-likeness (QED) is 0.537. The van der Waals surface area contributed by atoms with Crippen LogP contribution in [0.15, 0.2) is 60.7 Å². The third-order valence-electron chi connectivity index (χ3n) is 4.13. The lowest BCUT2D eigenvalue weighted by Crippen LogP contribution is -2.36. The molecule has 0 aromatic heterocycles. The summed E-state index contributed by atoms with van der Waals surface area (Å²) in [7, 11) is 0. The second-order valence-corrected chi connectivity index (χ2v) is 6.65. The Morgan fingerprint density at radius 3 is 2.31 bits per heavy atom. The van der Waals surface area contributed by atoms with Crippen LogP contribution in [-0.2, 0) is 20.7 Å². The Balaban J connectivity index is 1.54. The Bertz CT molecular complexity index is 781. The molecule has 0 unspecified atom stereocenters. The number of esters is 1. The van der Waals surface area contributed by atoms with E-state index in [9.17, 15) is 14.4 Å². The molecule has 0 heterocycles. The minimum atomic E-state index is -0.544. The number of urea groups is 1. The second kappa shape index (κ2) is 12.2. The van der Waals surface area contributed by atoms with Crippen LogP contribution in [0.5, 0.6) is 0 Å². The summed E-state index contributed by atoms with van der Waals surface area (Å²) in [6, 6.07) is 18.6. The average molecular weight is 397 g/mol. The molecule has 2 aromatic carbocycles. The Kier molecular flexibility index (Phi) is 9.21. The molecule has 2 aromatic rings. The number of benzene rings is 2. The Labute approximate surface area is 170 Å². The highest BCUT2D eigenvalue weighted by Crippen LogP contribution is 2.05. The molecule has 0 radical (unpaired) electrons. The zero-order valence-electron chi connectivity index (χ0n) is 16.5. The molecule has 0 spiro atoms. The minimum absolute atomic E-state index is 0.0148. The van der Waals surface area contributed by atoms with Gasteiger partial charge >= 0.3 is 12.0 Å². The molecule has 0 fully saturated rings. The molecule has 0 aliphatic rings. The number of carbonyl (C=O) groups excluding carboxylic acids is 3. The summed E-state index contributed by atoms with van der Waals surface area (Å²) in [4.78, 5) is 35.3. The minimum Gasteiger partial charge on any atom is -0.456 e. The van der Waals surface area contributed by atoms with Crippen molar-refractivity contribution in [2.24, 2.45) is 0 Å². The van der Waals surface area contributed by atoms with Crippen molar-refractivity contribution in [2.45, 2.75) is 32.2 Å². The lowest BCUT2D eigenvalue weighted by molar-refractivity contribution is -0.148. The highest BCUT2D eigenvalue weighted by molar-refractivity contribution is 5.89. The Hall–Kier alpha value is -3.35. The van der Waals surface area contributed by atoms with Crippen LogP contribution in [-0.4, -0.2) is 37.1 Å². The van der Waals surface area contributed by atoms with Gasteiger partial charge in [-0.15, -0.1) is 0 Å². The van der Waals surface area contributed by atoms with Gasteiger partial charge in [-0.05, 0) is 37.5 Å². The van der Waals surface area contributed by atoms with Gasteiger partial charge in [-0.1, -0.05) is 48.5 Å². The monoisotopic (exact) mass is 397 g/mol. The van der Waals surface area contributed by atoms with Crippen molar-refractivity contribution in [3.05, 3.63) is 66.2 Å². The van der Waals surface area contributed by atoms with E-state index in [0.29, 0.717) is 5.69 Å². The number of rotatable bonds is 10. The zero-order chi connectivity index (χ0) is 20.9. The van der Waals surface area contributed by atoms with Crippen molar-refractivity contribution >= 4 is 23.6 Å². The maximum atomic E-state index is 11.9. The first-order valence-corrected chi connectivity index (χ1v) is 9.62. The fourth-order valence-electron chi connectivity index (χ4n) is 2.61. The third kappa shape index (κ3) is 9.41. The number of carbonyl (C=O) groups is 3. The first-order valence-electron chi connectivity index (χ1n) is 9.62. The van der Waals surface area contributed by atoms with Crippen LogP contribution in [0.2, 0.25) is 0 Å². The van der Waals surface area contributed by atoms with Crippen LogP contribution in [0.25, 0.3) is 0 Å². The first-order chi connectivity index (χ1) is 14.0. The lowest BCUT2D eigenvalue weighted by Gasteiger charge is -2.14. The molecule has 0 aliphatic carbocycles. The van der Waals surface area contributed by atoms with Crippen molar-refractivity contribution < 1.29 is 19.1 Å². The molecule has 0 aliphatic heterocycles. The largest absolute Gasteiger partial charge is 0.456 e. The molecule has 3 amide bonds. The van der Waals surface area contributed by atoms with E-state index in [4.69, 9.17) is 4.74 Å². The summed E-state index contributed by atoms with van der Waals surface area (Å²) in [5, 5.41) is 8.02. The summed E-state index contributed by atoms with van der Waals surface area (Å²) in [6.07, 6.45) is 1.64. The van der Waals surface area contributed by atoms with Gasteiger partial charge in [0.1, 0.15) is 0 Å². The molecule has 2 rings (SSSR count). The number of hydrogen-bond acceptors (Lipinski definition) is 4. The van der Waals surface area contributed by atoms with Crippen LogP contribution in [0.3, 0.4) is 0 Å². The molecular weight excluding hydrogens is 370 g/mol. The van der Waals surface area contributed by atoms with E-state index in [1.165, 1.54) is 5.56 Å². The van der Waals surface area contributed by atoms with Gasteiger partial charge in [-0.25, -0.2) is 4.79 Å². The first kappa shape index (κ1) is 21.9. The van der Waals surface area contributed by atoms with Gasteiger partial charge in [-0.3, -0.25) is 9.59 Å². The lowest BCUT2D eigenvalue weighted by atomic mass is 10.1. The molecule has 1 atom stereocenters. The van der Waals surface area contributed by atoms with Gasteiger partial charge in [-0.2, -0.15) is 0 Å². The summed E-state index contributed by atoms with van der Waals surface area (Å²) in [6.45, 7) is 1.70. The van der Waals surface area contributed by atoms with Gasteiger partial charge in [0.15, 0.2) is 6.61 Å². The number of para-hydroxylation sites is 1. The molecule has 0 saturated carbocycles. The maximum Gasteiger partial charge on any atom is 0.319 e. The van der Waals surface area contributed by atoms with Crippen molar-refractivity contribution in [1.82, 2.24) is 10.6 Å².